The first-order valence-corrected chi connectivity index (χ1v) is 7.48. The first kappa shape index (κ1) is 14.3. The van der Waals surface area contributed by atoms with Crippen molar-refractivity contribution in [3.63, 3.8) is 0 Å². The van der Waals surface area contributed by atoms with Crippen LogP contribution in [-0.4, -0.2) is 26.2 Å². The van der Waals surface area contributed by atoms with E-state index in [1.54, 1.807) is 13.4 Å². The van der Waals surface area contributed by atoms with Crippen LogP contribution in [0.1, 0.15) is 12.2 Å². The monoisotopic (exact) mass is 306 g/mol. The van der Waals surface area contributed by atoms with Crippen LogP contribution in [0.3, 0.4) is 0 Å². The molecule has 1 aliphatic heterocycles. The molecule has 2 aromatic rings. The highest BCUT2D eigenvalue weighted by Crippen LogP contribution is 2.33. The van der Waals surface area contributed by atoms with Crippen molar-refractivity contribution in [1.29, 1.82) is 0 Å². The topological polar surface area (TPSA) is 37.6 Å². The van der Waals surface area contributed by atoms with Crippen molar-refractivity contribution in [2.75, 3.05) is 25.1 Å². The van der Waals surface area contributed by atoms with E-state index in [1.165, 1.54) is 0 Å². The van der Waals surface area contributed by atoms with Crippen LogP contribution in [0.15, 0.2) is 41.0 Å². The molecule has 5 heteroatoms. The van der Waals surface area contributed by atoms with Gasteiger partial charge in [0.2, 0.25) is 0 Å². The van der Waals surface area contributed by atoms with Crippen molar-refractivity contribution in [3.05, 3.63) is 47.4 Å². The van der Waals surface area contributed by atoms with Gasteiger partial charge in [-0.15, -0.1) is 0 Å². The number of nitrogens with zero attached hydrogens (tertiary/aromatic N) is 1. The molecule has 112 valence electrons. The molecule has 0 saturated carbocycles. The van der Waals surface area contributed by atoms with Gasteiger partial charge in [-0.25, -0.2) is 0 Å². The standard InChI is InChI=1S/C16H19ClN2O2/c1-20-16-5-4-12(17)9-15(16)19-7-6-13(11-19)18-10-14-3-2-8-21-14/h2-5,8-9,13,18H,6-7,10-11H2,1H3. The number of furan rings is 1. The summed E-state index contributed by atoms with van der Waals surface area (Å²) >= 11 is 6.11. The van der Waals surface area contributed by atoms with E-state index in [2.05, 4.69) is 10.2 Å². The third-order valence-corrected chi connectivity index (χ3v) is 4.05. The van der Waals surface area contributed by atoms with Crippen molar-refractivity contribution in [2.24, 2.45) is 0 Å². The summed E-state index contributed by atoms with van der Waals surface area (Å²) in [5.74, 6) is 1.83. The Bertz CT molecular complexity index is 586. The summed E-state index contributed by atoms with van der Waals surface area (Å²) in [5, 5.41) is 4.26. The van der Waals surface area contributed by atoms with Gasteiger partial charge in [0.15, 0.2) is 0 Å². The molecule has 0 radical (unpaired) electrons. The van der Waals surface area contributed by atoms with Gasteiger partial charge in [0.25, 0.3) is 0 Å². The Morgan fingerprint density at radius 1 is 1.43 bits per heavy atom. The summed E-state index contributed by atoms with van der Waals surface area (Å²) in [5.41, 5.74) is 1.06. The average molecular weight is 307 g/mol. The number of anilines is 1. The molecule has 0 bridgehead atoms. The molecule has 1 fully saturated rings. The van der Waals surface area contributed by atoms with Crippen molar-refractivity contribution in [2.45, 2.75) is 19.0 Å². The zero-order chi connectivity index (χ0) is 14.7. The van der Waals surface area contributed by atoms with E-state index in [0.717, 1.165) is 48.3 Å². The number of hydrogen-bond donors (Lipinski definition) is 1. The van der Waals surface area contributed by atoms with Crippen LogP contribution in [0, 0.1) is 0 Å². The number of rotatable bonds is 5. The lowest BCUT2D eigenvalue weighted by atomic mass is 10.2. The number of nitrogens with one attached hydrogen (secondary N) is 1. The summed E-state index contributed by atoms with van der Waals surface area (Å²) in [6.07, 6.45) is 2.80. The van der Waals surface area contributed by atoms with Gasteiger partial charge in [-0.1, -0.05) is 11.6 Å². The number of methoxy groups -OCH3 is 1. The van der Waals surface area contributed by atoms with Crippen LogP contribution in [-0.2, 0) is 6.54 Å². The van der Waals surface area contributed by atoms with Crippen LogP contribution in [0.4, 0.5) is 5.69 Å². The fourth-order valence-electron chi connectivity index (χ4n) is 2.71. The Labute approximate surface area is 129 Å². The van der Waals surface area contributed by atoms with Gasteiger partial charge in [-0.3, -0.25) is 0 Å². The fourth-order valence-corrected chi connectivity index (χ4v) is 2.88. The number of halogens is 1. The third kappa shape index (κ3) is 3.34. The summed E-state index contributed by atoms with van der Waals surface area (Å²) in [7, 11) is 1.69. The lowest BCUT2D eigenvalue weighted by Crippen LogP contribution is -2.32. The molecule has 1 aromatic heterocycles. The summed E-state index contributed by atoms with van der Waals surface area (Å²) < 4.78 is 10.8. The second-order valence-corrected chi connectivity index (χ2v) is 5.64. The molecular formula is C16H19ClN2O2. The van der Waals surface area contributed by atoms with Gasteiger partial charge >= 0.3 is 0 Å². The maximum atomic E-state index is 6.11. The summed E-state index contributed by atoms with van der Waals surface area (Å²) in [4.78, 5) is 2.31. The minimum atomic E-state index is 0.443. The molecule has 0 spiro atoms. The third-order valence-electron chi connectivity index (χ3n) is 3.81. The van der Waals surface area contributed by atoms with Crippen molar-refractivity contribution in [1.82, 2.24) is 5.32 Å². The van der Waals surface area contributed by atoms with E-state index in [0.29, 0.717) is 6.04 Å². The van der Waals surface area contributed by atoms with Crippen LogP contribution in [0.25, 0.3) is 0 Å². The molecular weight excluding hydrogens is 288 g/mol. The van der Waals surface area contributed by atoms with Crippen molar-refractivity contribution >= 4 is 17.3 Å². The van der Waals surface area contributed by atoms with E-state index in [9.17, 15) is 0 Å². The number of ether oxygens (including phenoxy) is 1. The zero-order valence-corrected chi connectivity index (χ0v) is 12.8. The van der Waals surface area contributed by atoms with E-state index in [1.807, 2.05) is 30.3 Å². The Morgan fingerprint density at radius 3 is 3.10 bits per heavy atom. The lowest BCUT2D eigenvalue weighted by molar-refractivity contribution is 0.414. The molecule has 3 rings (SSSR count). The molecule has 1 aliphatic rings. The second-order valence-electron chi connectivity index (χ2n) is 5.21. The summed E-state index contributed by atoms with van der Waals surface area (Å²) in [6.45, 7) is 2.70. The molecule has 0 aliphatic carbocycles. The average Bonchev–Trinajstić information content (AvgIpc) is 3.16. The quantitative estimate of drug-likeness (QED) is 0.919. The molecule has 1 N–H and O–H groups in total. The van der Waals surface area contributed by atoms with Crippen LogP contribution in [0.2, 0.25) is 5.02 Å². The SMILES string of the molecule is COc1ccc(Cl)cc1N1CCC(NCc2ccco2)C1. The first-order chi connectivity index (χ1) is 10.3. The van der Waals surface area contributed by atoms with Gasteiger partial charge in [0, 0.05) is 24.2 Å². The zero-order valence-electron chi connectivity index (χ0n) is 12.0. The normalized spacial score (nSPS) is 18.2. The van der Waals surface area contributed by atoms with Gasteiger partial charge in [0.1, 0.15) is 11.5 Å². The molecule has 0 amide bonds. The second kappa shape index (κ2) is 6.41. The molecule has 1 unspecified atom stereocenters. The summed E-state index contributed by atoms with van der Waals surface area (Å²) in [6, 6.07) is 10.1. The van der Waals surface area contributed by atoms with Gasteiger partial charge in [-0.2, -0.15) is 0 Å². The Hall–Kier alpha value is -1.65. The largest absolute Gasteiger partial charge is 0.495 e. The van der Waals surface area contributed by atoms with Gasteiger partial charge in [-0.05, 0) is 36.8 Å². The molecule has 21 heavy (non-hydrogen) atoms. The van der Waals surface area contributed by atoms with E-state index < -0.39 is 0 Å². The number of benzene rings is 1. The van der Waals surface area contributed by atoms with Crippen molar-refractivity contribution < 1.29 is 9.15 Å². The van der Waals surface area contributed by atoms with E-state index >= 15 is 0 Å². The molecule has 4 nitrogen and oxygen atoms in total. The molecule has 1 saturated heterocycles. The van der Waals surface area contributed by atoms with E-state index in [4.69, 9.17) is 20.8 Å². The number of hydrogen-bond acceptors (Lipinski definition) is 4. The first-order valence-electron chi connectivity index (χ1n) is 7.10. The molecule has 1 atom stereocenters. The minimum Gasteiger partial charge on any atom is -0.495 e. The van der Waals surface area contributed by atoms with Crippen LogP contribution < -0.4 is 15.0 Å². The van der Waals surface area contributed by atoms with Crippen molar-refractivity contribution in [3.8, 4) is 5.75 Å². The maximum Gasteiger partial charge on any atom is 0.142 e. The highest BCUT2D eigenvalue weighted by atomic mass is 35.5. The smallest absolute Gasteiger partial charge is 0.142 e. The molecule has 2 heterocycles. The van der Waals surface area contributed by atoms with Crippen LogP contribution >= 0.6 is 11.6 Å². The Morgan fingerprint density at radius 2 is 2.33 bits per heavy atom. The molecule has 1 aromatic carbocycles. The highest BCUT2D eigenvalue weighted by molar-refractivity contribution is 6.30. The Balaban J connectivity index is 1.62. The maximum absolute atomic E-state index is 6.11. The minimum absolute atomic E-state index is 0.443. The van der Waals surface area contributed by atoms with E-state index in [-0.39, 0.29) is 0 Å². The predicted octanol–water partition coefficient (Wildman–Crippen LogP) is 3.31. The van der Waals surface area contributed by atoms with Crippen LogP contribution in [0.5, 0.6) is 5.75 Å². The fraction of sp³-hybridized carbons (Fsp3) is 0.375. The highest BCUT2D eigenvalue weighted by Gasteiger charge is 2.24. The van der Waals surface area contributed by atoms with Gasteiger partial charge < -0.3 is 19.4 Å². The predicted molar refractivity (Wildman–Crippen MR) is 84.2 cm³/mol. The Kier molecular flexibility index (Phi) is 4.36. The lowest BCUT2D eigenvalue weighted by Gasteiger charge is -2.21. The van der Waals surface area contributed by atoms with Gasteiger partial charge in [0.05, 0.1) is 25.6 Å².